The second kappa shape index (κ2) is 9.50. The third-order valence-electron chi connectivity index (χ3n) is 6.77. The molecule has 38 heavy (non-hydrogen) atoms. The van der Waals surface area contributed by atoms with E-state index in [1.54, 1.807) is 0 Å². The maximum absolute atomic E-state index is 4.73. The molecule has 0 saturated carbocycles. The summed E-state index contributed by atoms with van der Waals surface area (Å²) in [5.41, 5.74) is 10.6. The van der Waals surface area contributed by atoms with Crippen molar-refractivity contribution < 1.29 is 0 Å². The first-order chi connectivity index (χ1) is 18.7. The number of pyridine rings is 3. The van der Waals surface area contributed by atoms with Gasteiger partial charge in [0.1, 0.15) is 0 Å². The lowest BCUT2D eigenvalue weighted by atomic mass is 9.96. The fourth-order valence-corrected chi connectivity index (χ4v) is 5.56. The van der Waals surface area contributed by atoms with Crippen LogP contribution in [0.5, 0.6) is 0 Å². The fourth-order valence-electron chi connectivity index (χ4n) is 5.07. The van der Waals surface area contributed by atoms with Gasteiger partial charge in [-0.2, -0.15) is 0 Å². The quantitative estimate of drug-likeness (QED) is 0.190. The third-order valence-corrected chi connectivity index (χ3v) is 7.44. The molecule has 0 unspecified atom stereocenters. The number of rotatable bonds is 4. The Morgan fingerprint density at radius 3 is 1.92 bits per heavy atom. The zero-order valence-electron chi connectivity index (χ0n) is 20.3. The van der Waals surface area contributed by atoms with Crippen molar-refractivity contribution in [2.75, 3.05) is 0 Å². The SMILES string of the molecule is Ic1ccc2c(c1)c1ncccc1n2-c1cccc(-c2cc(-c3ccccn3)cc(-c3ccccn3)c2)c1. The molecule has 3 aromatic carbocycles. The first kappa shape index (κ1) is 22.8. The zero-order chi connectivity index (χ0) is 25.5. The molecule has 4 aromatic heterocycles. The molecule has 0 fully saturated rings. The molecule has 0 aliphatic heterocycles. The summed E-state index contributed by atoms with van der Waals surface area (Å²) in [6.45, 7) is 0. The minimum Gasteiger partial charge on any atom is -0.308 e. The molecule has 7 aromatic rings. The van der Waals surface area contributed by atoms with Crippen molar-refractivity contribution in [2.24, 2.45) is 0 Å². The van der Waals surface area contributed by atoms with Gasteiger partial charge in [0.05, 0.1) is 27.9 Å². The van der Waals surface area contributed by atoms with Crippen LogP contribution in [0.15, 0.2) is 128 Å². The standard InChI is InChI=1S/C33H21IN4/c34-26-12-13-31-28(21-26)33-32(11-6-16-37-33)38(31)27-8-5-7-22(20-27)23-17-24(29-9-1-3-14-35-29)19-25(18-23)30-10-2-4-15-36-30/h1-21H. The van der Waals surface area contributed by atoms with Gasteiger partial charge in [-0.1, -0.05) is 24.3 Å². The number of halogens is 1. The summed E-state index contributed by atoms with van der Waals surface area (Å²) in [5.74, 6) is 0. The molecule has 5 heteroatoms. The van der Waals surface area contributed by atoms with Crippen molar-refractivity contribution >= 4 is 44.5 Å². The molecule has 0 aliphatic carbocycles. The number of nitrogens with zero attached hydrogens (tertiary/aromatic N) is 4. The van der Waals surface area contributed by atoms with Gasteiger partial charge >= 0.3 is 0 Å². The molecule has 0 N–H and O–H groups in total. The van der Waals surface area contributed by atoms with Crippen molar-refractivity contribution in [3.63, 3.8) is 0 Å². The maximum Gasteiger partial charge on any atom is 0.0963 e. The van der Waals surface area contributed by atoms with Crippen LogP contribution in [-0.2, 0) is 0 Å². The molecule has 4 nitrogen and oxygen atoms in total. The van der Waals surface area contributed by atoms with Gasteiger partial charge in [-0.3, -0.25) is 15.0 Å². The molecule has 0 bridgehead atoms. The van der Waals surface area contributed by atoms with Crippen LogP contribution in [-0.4, -0.2) is 19.5 Å². The highest BCUT2D eigenvalue weighted by Gasteiger charge is 2.15. The Labute approximate surface area is 233 Å². The van der Waals surface area contributed by atoms with Crippen LogP contribution in [0.4, 0.5) is 0 Å². The second-order valence-electron chi connectivity index (χ2n) is 9.15. The zero-order valence-corrected chi connectivity index (χ0v) is 22.4. The summed E-state index contributed by atoms with van der Waals surface area (Å²) >= 11 is 2.37. The van der Waals surface area contributed by atoms with Gasteiger partial charge in [-0.25, -0.2) is 0 Å². The van der Waals surface area contributed by atoms with Crippen LogP contribution in [0, 0.1) is 3.57 Å². The van der Waals surface area contributed by atoms with E-state index in [0.29, 0.717) is 0 Å². The molecule has 4 heterocycles. The molecule has 0 aliphatic rings. The lowest BCUT2D eigenvalue weighted by Gasteiger charge is -2.13. The van der Waals surface area contributed by atoms with E-state index in [-0.39, 0.29) is 0 Å². The highest BCUT2D eigenvalue weighted by atomic mass is 127. The normalized spacial score (nSPS) is 11.3. The van der Waals surface area contributed by atoms with Crippen molar-refractivity contribution in [3.05, 3.63) is 131 Å². The second-order valence-corrected chi connectivity index (χ2v) is 10.4. The Kier molecular flexibility index (Phi) is 5.70. The minimum atomic E-state index is 0.936. The molecule has 0 spiro atoms. The van der Waals surface area contributed by atoms with Crippen LogP contribution in [0.1, 0.15) is 0 Å². The van der Waals surface area contributed by atoms with Gasteiger partial charge in [0.25, 0.3) is 0 Å². The molecular weight excluding hydrogens is 579 g/mol. The summed E-state index contributed by atoms with van der Waals surface area (Å²) in [7, 11) is 0. The number of hydrogen-bond acceptors (Lipinski definition) is 3. The van der Waals surface area contributed by atoms with E-state index in [4.69, 9.17) is 4.98 Å². The van der Waals surface area contributed by atoms with Gasteiger partial charge in [0.15, 0.2) is 0 Å². The Balaban J connectivity index is 1.44. The van der Waals surface area contributed by atoms with E-state index >= 15 is 0 Å². The van der Waals surface area contributed by atoms with Crippen LogP contribution in [0.25, 0.3) is 61.3 Å². The Hall–Kier alpha value is -4.36. The van der Waals surface area contributed by atoms with E-state index in [9.17, 15) is 0 Å². The van der Waals surface area contributed by atoms with Crippen LogP contribution in [0.2, 0.25) is 0 Å². The highest BCUT2D eigenvalue weighted by Crippen LogP contribution is 2.35. The van der Waals surface area contributed by atoms with Gasteiger partial charge in [0, 0.05) is 44.4 Å². The molecular formula is C33H21IN4. The largest absolute Gasteiger partial charge is 0.308 e. The van der Waals surface area contributed by atoms with Crippen molar-refractivity contribution in [3.8, 4) is 39.3 Å². The Morgan fingerprint density at radius 1 is 0.500 bits per heavy atom. The summed E-state index contributed by atoms with van der Waals surface area (Å²) in [5, 5.41) is 1.16. The maximum atomic E-state index is 4.73. The summed E-state index contributed by atoms with van der Waals surface area (Å²) in [6.07, 6.45) is 5.53. The monoisotopic (exact) mass is 600 g/mol. The predicted molar refractivity (Wildman–Crippen MR) is 163 cm³/mol. The molecule has 7 rings (SSSR count). The Morgan fingerprint density at radius 2 is 1.21 bits per heavy atom. The first-order valence-corrected chi connectivity index (χ1v) is 13.5. The van der Waals surface area contributed by atoms with E-state index in [1.165, 1.54) is 3.57 Å². The van der Waals surface area contributed by atoms with Gasteiger partial charge < -0.3 is 4.57 Å². The molecule has 0 amide bonds. The Bertz CT molecular complexity index is 1870. The van der Waals surface area contributed by atoms with E-state index in [0.717, 1.165) is 61.3 Å². The molecule has 0 radical (unpaired) electrons. The van der Waals surface area contributed by atoms with Crippen molar-refractivity contribution in [2.45, 2.75) is 0 Å². The molecule has 180 valence electrons. The van der Waals surface area contributed by atoms with Crippen molar-refractivity contribution in [1.82, 2.24) is 19.5 Å². The summed E-state index contributed by atoms with van der Waals surface area (Å²) in [4.78, 5) is 14.0. The summed E-state index contributed by atoms with van der Waals surface area (Å²) in [6, 6.07) is 38.0. The van der Waals surface area contributed by atoms with Crippen molar-refractivity contribution in [1.29, 1.82) is 0 Å². The average molecular weight is 600 g/mol. The van der Waals surface area contributed by atoms with Crippen LogP contribution in [0.3, 0.4) is 0 Å². The highest BCUT2D eigenvalue weighted by molar-refractivity contribution is 14.1. The van der Waals surface area contributed by atoms with Crippen LogP contribution >= 0.6 is 22.6 Å². The van der Waals surface area contributed by atoms with Gasteiger partial charge in [-0.05, 0) is 119 Å². The smallest absolute Gasteiger partial charge is 0.0963 e. The topological polar surface area (TPSA) is 43.6 Å². The lowest BCUT2D eigenvalue weighted by Crippen LogP contribution is -1.95. The fraction of sp³-hybridized carbons (Fsp3) is 0. The number of fused-ring (bicyclic) bond motifs is 3. The van der Waals surface area contributed by atoms with Gasteiger partial charge in [0.2, 0.25) is 0 Å². The van der Waals surface area contributed by atoms with E-state index in [1.807, 2.05) is 61.1 Å². The molecule has 0 saturated heterocycles. The van der Waals surface area contributed by atoms with Crippen LogP contribution < -0.4 is 0 Å². The predicted octanol–water partition coefficient (Wildman–Crippen LogP) is 8.57. The molecule has 0 atom stereocenters. The van der Waals surface area contributed by atoms with Gasteiger partial charge in [-0.15, -0.1) is 0 Å². The third kappa shape index (κ3) is 4.05. The minimum absolute atomic E-state index is 0.936. The van der Waals surface area contributed by atoms with E-state index < -0.39 is 0 Å². The van der Waals surface area contributed by atoms with E-state index in [2.05, 4.69) is 104 Å². The first-order valence-electron chi connectivity index (χ1n) is 12.4. The summed E-state index contributed by atoms with van der Waals surface area (Å²) < 4.78 is 3.50. The average Bonchev–Trinajstić information content (AvgIpc) is 3.31. The lowest BCUT2D eigenvalue weighted by molar-refractivity contribution is 1.18. The number of hydrogen-bond donors (Lipinski definition) is 0. The number of aromatic nitrogens is 4. The number of benzene rings is 3.